The maximum atomic E-state index is 13.7. The molecule has 1 aliphatic heterocycles. The van der Waals surface area contributed by atoms with Crippen molar-refractivity contribution in [2.45, 2.75) is 37.1 Å². The summed E-state index contributed by atoms with van der Waals surface area (Å²) in [7, 11) is -2.48. The van der Waals surface area contributed by atoms with Gasteiger partial charge in [-0.25, -0.2) is 13.2 Å². The number of urea groups is 1. The van der Waals surface area contributed by atoms with Gasteiger partial charge in [-0.05, 0) is 55.5 Å². The first kappa shape index (κ1) is 32.8. The van der Waals surface area contributed by atoms with Gasteiger partial charge in [0.1, 0.15) is 6.10 Å². The molecule has 3 aromatic carbocycles. The molecule has 236 valence electrons. The number of aliphatic hydroxyl groups excluding tert-OH is 1. The van der Waals surface area contributed by atoms with Gasteiger partial charge < -0.3 is 25.4 Å². The van der Waals surface area contributed by atoms with Gasteiger partial charge in [-0.2, -0.15) is 17.5 Å². The van der Waals surface area contributed by atoms with E-state index in [1.807, 2.05) is 0 Å². The van der Waals surface area contributed by atoms with E-state index in [4.69, 9.17) is 4.74 Å². The van der Waals surface area contributed by atoms with Gasteiger partial charge in [-0.15, -0.1) is 0 Å². The normalized spacial score (nSPS) is 18.1. The minimum absolute atomic E-state index is 0.0164. The van der Waals surface area contributed by atoms with E-state index < -0.39 is 51.8 Å². The molecule has 0 aromatic heterocycles. The first-order valence-corrected chi connectivity index (χ1v) is 15.1. The standard InChI is InChI=1S/C30H33F3N4O6S/c1-19-16-37(20(2)18-38)28(39)24-10-7-11-25(35-29(40)34-22-14-12-21(13-15-22)30(31,32)33)27(24)43-26(19)17-36(3)44(41,42)23-8-5-4-6-9-23/h4-15,19-20,26,38H,16-18H2,1-3H3,(H2,34,35,40)/t19-,20-,26+/m0/s1. The number of amides is 3. The number of carbonyl (C=O) groups excluding carboxylic acids is 2. The van der Waals surface area contributed by atoms with Crippen LogP contribution in [-0.4, -0.2) is 73.6 Å². The molecule has 10 nitrogen and oxygen atoms in total. The molecular formula is C30H33F3N4O6S. The number of alkyl halides is 3. The van der Waals surface area contributed by atoms with Crippen molar-refractivity contribution < 1.29 is 41.0 Å². The third-order valence-corrected chi connectivity index (χ3v) is 9.14. The van der Waals surface area contributed by atoms with Crippen LogP contribution in [0.5, 0.6) is 5.75 Å². The molecule has 0 saturated carbocycles. The number of aliphatic hydroxyl groups is 1. The summed E-state index contributed by atoms with van der Waals surface area (Å²) >= 11 is 0. The van der Waals surface area contributed by atoms with Crippen LogP contribution in [0.25, 0.3) is 0 Å². The Balaban J connectivity index is 1.65. The number of rotatable bonds is 8. The molecule has 0 unspecified atom stereocenters. The van der Waals surface area contributed by atoms with Crippen molar-refractivity contribution in [1.29, 1.82) is 0 Å². The van der Waals surface area contributed by atoms with Crippen LogP contribution < -0.4 is 15.4 Å². The summed E-state index contributed by atoms with van der Waals surface area (Å²) in [5, 5.41) is 14.9. The van der Waals surface area contributed by atoms with E-state index in [0.29, 0.717) is 0 Å². The Morgan fingerprint density at radius 3 is 2.34 bits per heavy atom. The molecular weight excluding hydrogens is 601 g/mol. The minimum Gasteiger partial charge on any atom is -0.486 e. The highest BCUT2D eigenvalue weighted by atomic mass is 32.2. The first-order chi connectivity index (χ1) is 20.7. The predicted molar refractivity (Wildman–Crippen MR) is 158 cm³/mol. The van der Waals surface area contributed by atoms with Crippen LogP contribution >= 0.6 is 0 Å². The lowest BCUT2D eigenvalue weighted by atomic mass is 9.99. The number of ether oxygens (including phenoxy) is 1. The number of anilines is 2. The maximum absolute atomic E-state index is 13.7. The van der Waals surface area contributed by atoms with Crippen LogP contribution in [0.1, 0.15) is 29.8 Å². The molecule has 0 radical (unpaired) electrons. The Labute approximate surface area is 253 Å². The van der Waals surface area contributed by atoms with Crippen molar-refractivity contribution in [2.24, 2.45) is 5.92 Å². The van der Waals surface area contributed by atoms with Crippen LogP contribution in [-0.2, 0) is 16.2 Å². The average Bonchev–Trinajstić information content (AvgIpc) is 2.99. The average molecular weight is 635 g/mol. The quantitative estimate of drug-likeness (QED) is 0.324. The zero-order valence-corrected chi connectivity index (χ0v) is 25.0. The van der Waals surface area contributed by atoms with Crippen molar-refractivity contribution in [3.05, 3.63) is 83.9 Å². The van der Waals surface area contributed by atoms with E-state index in [-0.39, 0.29) is 47.3 Å². The van der Waals surface area contributed by atoms with Crippen LogP contribution in [0.15, 0.2) is 77.7 Å². The number of nitrogens with one attached hydrogen (secondary N) is 2. The largest absolute Gasteiger partial charge is 0.486 e. The van der Waals surface area contributed by atoms with Gasteiger partial charge in [-0.3, -0.25) is 4.79 Å². The molecule has 3 amide bonds. The molecule has 0 spiro atoms. The van der Waals surface area contributed by atoms with Gasteiger partial charge in [0.15, 0.2) is 5.75 Å². The third kappa shape index (κ3) is 7.31. The fourth-order valence-electron chi connectivity index (χ4n) is 4.71. The van der Waals surface area contributed by atoms with E-state index in [1.54, 1.807) is 32.0 Å². The number of fused-ring (bicyclic) bond motifs is 1. The van der Waals surface area contributed by atoms with E-state index in [1.165, 1.54) is 42.3 Å². The molecule has 0 fully saturated rings. The summed E-state index contributed by atoms with van der Waals surface area (Å²) in [5.74, 6) is -0.912. The summed E-state index contributed by atoms with van der Waals surface area (Å²) in [4.78, 5) is 28.1. The van der Waals surface area contributed by atoms with E-state index >= 15 is 0 Å². The van der Waals surface area contributed by atoms with Gasteiger partial charge in [0.05, 0.1) is 40.9 Å². The Morgan fingerprint density at radius 2 is 1.73 bits per heavy atom. The second-order valence-electron chi connectivity index (χ2n) is 10.6. The Bertz CT molecular complexity index is 1590. The Morgan fingerprint density at radius 1 is 1.07 bits per heavy atom. The van der Waals surface area contributed by atoms with Crippen LogP contribution in [0.3, 0.4) is 0 Å². The van der Waals surface area contributed by atoms with Gasteiger partial charge >= 0.3 is 12.2 Å². The number of sulfonamides is 1. The molecule has 1 aliphatic rings. The van der Waals surface area contributed by atoms with Crippen molar-refractivity contribution in [2.75, 3.05) is 37.4 Å². The maximum Gasteiger partial charge on any atom is 0.416 e. The monoisotopic (exact) mass is 634 g/mol. The molecule has 3 N–H and O–H groups in total. The minimum atomic E-state index is -4.53. The highest BCUT2D eigenvalue weighted by Gasteiger charge is 2.36. The van der Waals surface area contributed by atoms with E-state index in [2.05, 4.69) is 10.6 Å². The number of halogens is 3. The molecule has 4 rings (SSSR count). The van der Waals surface area contributed by atoms with E-state index in [0.717, 1.165) is 28.6 Å². The third-order valence-electron chi connectivity index (χ3n) is 7.30. The summed E-state index contributed by atoms with van der Waals surface area (Å²) < 4.78 is 72.8. The number of nitrogens with zero attached hydrogens (tertiary/aromatic N) is 2. The highest BCUT2D eigenvalue weighted by molar-refractivity contribution is 7.89. The smallest absolute Gasteiger partial charge is 0.416 e. The first-order valence-electron chi connectivity index (χ1n) is 13.7. The second kappa shape index (κ2) is 13.2. The topological polar surface area (TPSA) is 128 Å². The molecule has 3 atom stereocenters. The summed E-state index contributed by atoms with van der Waals surface area (Å²) in [5.41, 5.74) is -0.637. The van der Waals surface area contributed by atoms with Gasteiger partial charge in [-0.1, -0.05) is 31.2 Å². The lowest BCUT2D eigenvalue weighted by Crippen LogP contribution is -2.50. The second-order valence-corrected chi connectivity index (χ2v) is 12.6. The number of hydrogen-bond acceptors (Lipinski definition) is 6. The highest BCUT2D eigenvalue weighted by Crippen LogP contribution is 2.35. The lowest BCUT2D eigenvalue weighted by Gasteiger charge is -2.38. The SMILES string of the molecule is C[C@H]1CN([C@@H](C)CO)C(=O)c2cccc(NC(=O)Nc3ccc(C(F)(F)F)cc3)c2O[C@@H]1CN(C)S(=O)(=O)c1ccccc1. The number of hydrogen-bond donors (Lipinski definition) is 3. The van der Waals surface area contributed by atoms with Crippen molar-refractivity contribution in [3.63, 3.8) is 0 Å². The molecule has 0 aliphatic carbocycles. The molecule has 3 aromatic rings. The Hall–Kier alpha value is -4.14. The zero-order chi connectivity index (χ0) is 32.2. The number of likely N-dealkylation sites (N-methyl/N-ethyl adjacent to an activating group) is 1. The number of para-hydroxylation sites is 1. The Kier molecular flexibility index (Phi) is 9.86. The predicted octanol–water partition coefficient (Wildman–Crippen LogP) is 4.89. The summed E-state index contributed by atoms with van der Waals surface area (Å²) in [6, 6.07) is 14.8. The zero-order valence-electron chi connectivity index (χ0n) is 24.2. The van der Waals surface area contributed by atoms with Gasteiger partial charge in [0.25, 0.3) is 5.91 Å². The van der Waals surface area contributed by atoms with Crippen LogP contribution in [0.2, 0.25) is 0 Å². The number of benzene rings is 3. The molecule has 1 heterocycles. The van der Waals surface area contributed by atoms with Crippen molar-refractivity contribution in [1.82, 2.24) is 9.21 Å². The summed E-state index contributed by atoms with van der Waals surface area (Å²) in [6.45, 7) is 3.17. The van der Waals surface area contributed by atoms with Crippen molar-refractivity contribution in [3.8, 4) is 5.75 Å². The lowest BCUT2D eigenvalue weighted by molar-refractivity contribution is -0.137. The summed E-state index contributed by atoms with van der Waals surface area (Å²) in [6.07, 6.45) is -5.34. The van der Waals surface area contributed by atoms with Crippen LogP contribution in [0.4, 0.5) is 29.3 Å². The van der Waals surface area contributed by atoms with Gasteiger partial charge in [0.2, 0.25) is 10.0 Å². The molecule has 0 saturated heterocycles. The van der Waals surface area contributed by atoms with Gasteiger partial charge in [0, 0.05) is 25.2 Å². The molecule has 44 heavy (non-hydrogen) atoms. The molecule has 0 bridgehead atoms. The fourth-order valence-corrected chi connectivity index (χ4v) is 5.91. The molecule has 14 heteroatoms. The number of carbonyl (C=O) groups is 2. The van der Waals surface area contributed by atoms with Crippen molar-refractivity contribution >= 4 is 33.3 Å². The van der Waals surface area contributed by atoms with Crippen LogP contribution in [0, 0.1) is 5.92 Å². The van der Waals surface area contributed by atoms with E-state index in [9.17, 15) is 36.3 Å². The fraction of sp³-hybridized carbons (Fsp3) is 0.333.